The Morgan fingerprint density at radius 2 is 1.41 bits per heavy atom. The largest absolute Gasteiger partial charge is 1.00 e. The molecule has 0 aliphatic carbocycles. The van der Waals surface area contributed by atoms with Gasteiger partial charge in [-0.2, -0.15) is 22.7 Å². The maximum Gasteiger partial charge on any atom is 0.132 e. The number of piperazine rings is 1. The first-order valence-electron chi connectivity index (χ1n) is 8.89. The number of thiophene rings is 2. The Bertz CT molecular complexity index is 758. The molecule has 0 saturated carbocycles. The Morgan fingerprint density at radius 3 is 1.93 bits per heavy atom. The fourth-order valence-corrected chi connectivity index (χ4v) is 4.87. The summed E-state index contributed by atoms with van der Waals surface area (Å²) in [6.07, 6.45) is 2.45. The molecule has 1 aromatic carbocycles. The molecule has 2 aromatic heterocycles. The third-order valence-electron chi connectivity index (χ3n) is 5.00. The SMILES string of the molecule is C(C[NH+]1CC[NH+](c2ccccc2)CC1)=C(c1ccsc1)c1ccsc1.[Cl-].[Cl-]. The van der Waals surface area contributed by atoms with Crippen molar-refractivity contribution in [1.82, 2.24) is 0 Å². The molecule has 0 bridgehead atoms. The Hall–Kier alpha value is -1.14. The molecule has 2 N–H and O–H groups in total. The Balaban J connectivity index is 0.00000131. The standard InChI is InChI=1S/C21H22N2S2.2ClH/c1-2-4-20(5-3-1)23-12-10-22(11-13-23)9-6-21(18-7-14-24-16-18)19-8-15-25-17-19;;/h1-8,14-17H,9-13H2;2*1H. The zero-order valence-electron chi connectivity index (χ0n) is 15.0. The van der Waals surface area contributed by atoms with Crippen LogP contribution >= 0.6 is 22.7 Å². The van der Waals surface area contributed by atoms with Crippen molar-refractivity contribution in [3.63, 3.8) is 0 Å². The van der Waals surface area contributed by atoms with Crippen LogP contribution in [-0.4, -0.2) is 32.7 Å². The lowest BCUT2D eigenvalue weighted by molar-refractivity contribution is -0.983. The number of quaternary nitrogens is 2. The molecule has 0 amide bonds. The Kier molecular flexibility index (Phi) is 9.03. The van der Waals surface area contributed by atoms with E-state index in [0.717, 1.165) is 6.54 Å². The highest BCUT2D eigenvalue weighted by Gasteiger charge is 2.23. The molecule has 3 heterocycles. The molecule has 0 atom stereocenters. The van der Waals surface area contributed by atoms with Gasteiger partial charge < -0.3 is 29.7 Å². The summed E-state index contributed by atoms with van der Waals surface area (Å²) in [5.41, 5.74) is 5.55. The molecule has 6 heteroatoms. The van der Waals surface area contributed by atoms with E-state index in [9.17, 15) is 0 Å². The zero-order chi connectivity index (χ0) is 16.9. The minimum Gasteiger partial charge on any atom is -1.00 e. The van der Waals surface area contributed by atoms with E-state index in [1.54, 1.807) is 32.5 Å². The average molecular weight is 439 g/mol. The van der Waals surface area contributed by atoms with Crippen LogP contribution in [0.2, 0.25) is 0 Å². The molecule has 27 heavy (non-hydrogen) atoms. The van der Waals surface area contributed by atoms with Gasteiger partial charge in [-0.15, -0.1) is 0 Å². The van der Waals surface area contributed by atoms with E-state index in [-0.39, 0.29) is 24.8 Å². The van der Waals surface area contributed by atoms with Gasteiger partial charge in [-0.3, -0.25) is 4.90 Å². The van der Waals surface area contributed by atoms with Crippen LogP contribution in [0, 0.1) is 0 Å². The van der Waals surface area contributed by atoms with Gasteiger partial charge in [0.15, 0.2) is 0 Å². The van der Waals surface area contributed by atoms with Crippen LogP contribution in [0.5, 0.6) is 0 Å². The summed E-state index contributed by atoms with van der Waals surface area (Å²) < 4.78 is 0. The van der Waals surface area contributed by atoms with Gasteiger partial charge >= 0.3 is 0 Å². The number of nitrogens with one attached hydrogen (secondary N) is 2. The molecule has 4 rings (SSSR count). The summed E-state index contributed by atoms with van der Waals surface area (Å²) in [7, 11) is 0. The van der Waals surface area contributed by atoms with Gasteiger partial charge in [-0.25, -0.2) is 0 Å². The lowest BCUT2D eigenvalue weighted by Gasteiger charge is -2.29. The third-order valence-corrected chi connectivity index (χ3v) is 6.37. The second-order valence-electron chi connectivity index (χ2n) is 6.57. The first kappa shape index (κ1) is 22.2. The highest BCUT2D eigenvalue weighted by atomic mass is 35.5. The fraction of sp³-hybridized carbons (Fsp3) is 0.238. The van der Waals surface area contributed by atoms with Crippen LogP contribution in [-0.2, 0) is 0 Å². The monoisotopic (exact) mass is 438 g/mol. The van der Waals surface area contributed by atoms with Crippen LogP contribution in [0.1, 0.15) is 11.1 Å². The fourth-order valence-electron chi connectivity index (χ4n) is 3.56. The van der Waals surface area contributed by atoms with Gasteiger partial charge in [0.2, 0.25) is 0 Å². The summed E-state index contributed by atoms with van der Waals surface area (Å²) in [5.74, 6) is 0. The summed E-state index contributed by atoms with van der Waals surface area (Å²) in [6.45, 7) is 6.03. The predicted octanol–water partition coefficient (Wildman–Crippen LogP) is -3.64. The maximum atomic E-state index is 2.45. The number of rotatable bonds is 5. The van der Waals surface area contributed by atoms with Crippen molar-refractivity contribution in [3.05, 3.63) is 81.2 Å². The van der Waals surface area contributed by atoms with Crippen molar-refractivity contribution in [3.8, 4) is 0 Å². The van der Waals surface area contributed by atoms with E-state index in [1.165, 1.54) is 48.6 Å². The molecule has 3 aromatic rings. The van der Waals surface area contributed by atoms with Gasteiger partial charge in [0.1, 0.15) is 31.9 Å². The summed E-state index contributed by atoms with van der Waals surface area (Å²) in [6, 6.07) is 15.4. The lowest BCUT2D eigenvalue weighted by atomic mass is 10.0. The van der Waals surface area contributed by atoms with Crippen LogP contribution in [0.4, 0.5) is 5.69 Å². The maximum absolute atomic E-state index is 2.45. The van der Waals surface area contributed by atoms with E-state index in [2.05, 4.69) is 70.1 Å². The van der Waals surface area contributed by atoms with E-state index in [0.29, 0.717) is 0 Å². The van der Waals surface area contributed by atoms with E-state index >= 15 is 0 Å². The smallest absolute Gasteiger partial charge is 0.132 e. The lowest BCUT2D eigenvalue weighted by Crippen LogP contribution is -3.26. The Labute approximate surface area is 182 Å². The van der Waals surface area contributed by atoms with Gasteiger partial charge in [-0.1, -0.05) is 18.2 Å². The molecule has 0 unspecified atom stereocenters. The van der Waals surface area contributed by atoms with Crippen LogP contribution in [0.3, 0.4) is 0 Å². The van der Waals surface area contributed by atoms with E-state index in [1.807, 2.05) is 0 Å². The predicted molar refractivity (Wildman–Crippen MR) is 108 cm³/mol. The average Bonchev–Trinajstić information content (AvgIpc) is 3.38. The van der Waals surface area contributed by atoms with Crippen molar-refractivity contribution in [2.45, 2.75) is 0 Å². The highest BCUT2D eigenvalue weighted by Crippen LogP contribution is 2.26. The van der Waals surface area contributed by atoms with E-state index < -0.39 is 0 Å². The van der Waals surface area contributed by atoms with Crippen LogP contribution in [0.25, 0.3) is 5.57 Å². The van der Waals surface area contributed by atoms with Crippen molar-refractivity contribution in [2.75, 3.05) is 32.7 Å². The van der Waals surface area contributed by atoms with Crippen molar-refractivity contribution in [2.24, 2.45) is 0 Å². The zero-order valence-corrected chi connectivity index (χ0v) is 18.2. The molecule has 1 saturated heterocycles. The van der Waals surface area contributed by atoms with Gasteiger partial charge in [0.25, 0.3) is 0 Å². The second-order valence-corrected chi connectivity index (χ2v) is 8.13. The van der Waals surface area contributed by atoms with Crippen LogP contribution < -0.4 is 34.6 Å². The van der Waals surface area contributed by atoms with Crippen molar-refractivity contribution >= 4 is 33.9 Å². The highest BCUT2D eigenvalue weighted by molar-refractivity contribution is 7.08. The summed E-state index contributed by atoms with van der Waals surface area (Å²) in [5, 5.41) is 8.86. The molecular weight excluding hydrogens is 415 g/mol. The number of hydrogen-bond acceptors (Lipinski definition) is 2. The molecule has 144 valence electrons. The molecule has 1 fully saturated rings. The number of hydrogen-bond donors (Lipinski definition) is 2. The molecule has 2 nitrogen and oxygen atoms in total. The van der Waals surface area contributed by atoms with E-state index in [4.69, 9.17) is 0 Å². The minimum absolute atomic E-state index is 0. The van der Waals surface area contributed by atoms with Gasteiger partial charge in [-0.05, 0) is 68.6 Å². The Morgan fingerprint density at radius 1 is 0.815 bits per heavy atom. The molecule has 0 radical (unpaired) electrons. The molecule has 1 aliphatic rings. The number of halogens is 2. The second kappa shape index (κ2) is 11.0. The molecular formula is C21H24Cl2N2S2. The third kappa shape index (κ3) is 5.67. The normalized spacial score (nSPS) is 18.8. The first-order chi connectivity index (χ1) is 12.4. The number of benzene rings is 1. The first-order valence-corrected chi connectivity index (χ1v) is 10.8. The van der Waals surface area contributed by atoms with Crippen molar-refractivity contribution in [1.29, 1.82) is 0 Å². The summed E-state index contributed by atoms with van der Waals surface area (Å²) >= 11 is 3.55. The quantitative estimate of drug-likeness (QED) is 0.406. The molecule has 0 spiro atoms. The minimum atomic E-state index is 0. The topological polar surface area (TPSA) is 8.88 Å². The number of para-hydroxylation sites is 1. The summed E-state index contributed by atoms with van der Waals surface area (Å²) in [4.78, 5) is 3.33. The van der Waals surface area contributed by atoms with Crippen LogP contribution in [0.15, 0.2) is 70.1 Å². The van der Waals surface area contributed by atoms with Crippen molar-refractivity contribution < 1.29 is 34.6 Å². The van der Waals surface area contributed by atoms with Gasteiger partial charge in [0.05, 0.1) is 6.54 Å². The van der Waals surface area contributed by atoms with Gasteiger partial charge in [0, 0.05) is 0 Å². The molecule has 1 aliphatic heterocycles.